The van der Waals surface area contributed by atoms with Crippen LogP contribution in [0.2, 0.25) is 5.02 Å². The summed E-state index contributed by atoms with van der Waals surface area (Å²) in [5.74, 6) is -1.37. The fourth-order valence-corrected chi connectivity index (χ4v) is 4.65. The molecule has 0 spiro atoms. The normalized spacial score (nSPS) is 15.3. The smallest absolute Gasteiger partial charge is 0.337 e. The lowest BCUT2D eigenvalue weighted by molar-refractivity contribution is -0.138. The van der Waals surface area contributed by atoms with Crippen LogP contribution in [0, 0.1) is 11.3 Å². The van der Waals surface area contributed by atoms with Crippen LogP contribution < -0.4 is 10.6 Å². The number of allylic oxidation sites excluding steroid dienone is 2. The molecule has 0 bridgehead atoms. The second kappa shape index (κ2) is 11.9. The number of nitrogens with one attached hydrogen (secondary N) is 2. The Hall–Kier alpha value is -2.99. The summed E-state index contributed by atoms with van der Waals surface area (Å²) >= 11 is 10.6. The molecule has 3 rings (SSSR count). The van der Waals surface area contributed by atoms with Gasteiger partial charge in [0, 0.05) is 20.9 Å². The van der Waals surface area contributed by atoms with E-state index in [1.807, 2.05) is 12.1 Å². The van der Waals surface area contributed by atoms with Crippen molar-refractivity contribution in [3.63, 3.8) is 0 Å². The van der Waals surface area contributed by atoms with E-state index >= 15 is 0 Å². The fraction of sp³-hybridized carbons (Fsp3) is 0.160. The monoisotopic (exact) mass is 557 g/mol. The van der Waals surface area contributed by atoms with E-state index in [0.717, 1.165) is 4.47 Å². The van der Waals surface area contributed by atoms with Crippen molar-refractivity contribution in [3.8, 4) is 6.07 Å². The molecule has 34 heavy (non-hydrogen) atoms. The average molecular weight is 559 g/mol. The highest BCUT2D eigenvalue weighted by molar-refractivity contribution is 9.10. The number of esters is 1. The molecule has 1 heterocycles. The van der Waals surface area contributed by atoms with E-state index in [2.05, 4.69) is 39.2 Å². The molecule has 2 aromatic rings. The molecule has 0 fully saturated rings. The highest BCUT2D eigenvalue weighted by Crippen LogP contribution is 2.41. The van der Waals surface area contributed by atoms with Gasteiger partial charge in [0.25, 0.3) is 0 Å². The summed E-state index contributed by atoms with van der Waals surface area (Å²) < 4.78 is 6.20. The van der Waals surface area contributed by atoms with Crippen LogP contribution in [0.25, 0.3) is 0 Å². The zero-order valence-electron chi connectivity index (χ0n) is 18.2. The highest BCUT2D eigenvalue weighted by atomic mass is 79.9. The van der Waals surface area contributed by atoms with Crippen LogP contribution in [-0.4, -0.2) is 24.2 Å². The lowest BCUT2D eigenvalue weighted by Gasteiger charge is -2.29. The number of thioether (sulfide) groups is 1. The number of dihydropyridines is 1. The van der Waals surface area contributed by atoms with Gasteiger partial charge in [-0.1, -0.05) is 64.1 Å². The van der Waals surface area contributed by atoms with E-state index in [1.165, 1.54) is 17.8 Å². The van der Waals surface area contributed by atoms with Crippen LogP contribution in [0.4, 0.5) is 5.69 Å². The summed E-state index contributed by atoms with van der Waals surface area (Å²) in [5.41, 5.74) is 2.57. The Balaban J connectivity index is 1.88. The molecule has 1 aliphatic heterocycles. The maximum atomic E-state index is 12.9. The van der Waals surface area contributed by atoms with Crippen molar-refractivity contribution in [2.75, 3.05) is 17.7 Å². The predicted molar refractivity (Wildman–Crippen MR) is 139 cm³/mol. The van der Waals surface area contributed by atoms with Crippen molar-refractivity contribution < 1.29 is 14.3 Å². The first-order chi connectivity index (χ1) is 16.3. The van der Waals surface area contributed by atoms with Gasteiger partial charge in [0.2, 0.25) is 5.91 Å². The van der Waals surface area contributed by atoms with E-state index in [9.17, 15) is 14.9 Å². The van der Waals surface area contributed by atoms with Gasteiger partial charge in [0.15, 0.2) is 0 Å². The largest absolute Gasteiger partial charge is 0.458 e. The Kier molecular flexibility index (Phi) is 8.99. The van der Waals surface area contributed by atoms with Gasteiger partial charge in [-0.3, -0.25) is 4.79 Å². The predicted octanol–water partition coefficient (Wildman–Crippen LogP) is 5.90. The van der Waals surface area contributed by atoms with Gasteiger partial charge >= 0.3 is 5.97 Å². The minimum Gasteiger partial charge on any atom is -0.458 e. The molecular formula is C25H21BrClN3O3S. The molecule has 0 aromatic heterocycles. The number of rotatable bonds is 8. The number of carbonyl (C=O) groups is 2. The summed E-state index contributed by atoms with van der Waals surface area (Å²) in [6.07, 6.45) is 1.48. The quantitative estimate of drug-likeness (QED) is 0.310. The number of anilines is 1. The van der Waals surface area contributed by atoms with E-state index in [1.54, 1.807) is 43.3 Å². The second-order valence-corrected chi connectivity index (χ2v) is 9.57. The van der Waals surface area contributed by atoms with Crippen molar-refractivity contribution in [2.45, 2.75) is 12.8 Å². The molecule has 174 valence electrons. The minimum atomic E-state index is -0.669. The number of benzene rings is 2. The molecule has 0 aliphatic carbocycles. The molecule has 0 unspecified atom stereocenters. The van der Waals surface area contributed by atoms with Crippen molar-refractivity contribution in [3.05, 3.63) is 98.1 Å². The first-order valence-electron chi connectivity index (χ1n) is 10.2. The van der Waals surface area contributed by atoms with Gasteiger partial charge < -0.3 is 15.4 Å². The Bertz CT molecular complexity index is 1200. The third-order valence-electron chi connectivity index (χ3n) is 4.88. The fourth-order valence-electron chi connectivity index (χ4n) is 3.37. The summed E-state index contributed by atoms with van der Waals surface area (Å²) in [4.78, 5) is 25.4. The van der Waals surface area contributed by atoms with Gasteiger partial charge in [-0.25, -0.2) is 4.79 Å². The van der Waals surface area contributed by atoms with Crippen LogP contribution >= 0.6 is 39.3 Å². The molecule has 1 aliphatic rings. The maximum Gasteiger partial charge on any atom is 0.337 e. The van der Waals surface area contributed by atoms with Crippen LogP contribution in [0.3, 0.4) is 0 Å². The summed E-state index contributed by atoms with van der Waals surface area (Å²) in [6.45, 7) is 5.36. The molecule has 6 nitrogen and oxygen atoms in total. The highest BCUT2D eigenvalue weighted by Gasteiger charge is 2.35. The van der Waals surface area contributed by atoms with Gasteiger partial charge in [0.1, 0.15) is 6.61 Å². The van der Waals surface area contributed by atoms with Crippen molar-refractivity contribution >= 4 is 56.9 Å². The molecule has 0 saturated carbocycles. The molecule has 2 N–H and O–H groups in total. The summed E-state index contributed by atoms with van der Waals surface area (Å²) in [5, 5.41) is 17.0. The Labute approximate surface area is 215 Å². The third kappa shape index (κ3) is 6.32. The number of nitriles is 1. The van der Waals surface area contributed by atoms with Crippen LogP contribution in [0.1, 0.15) is 18.4 Å². The number of carbonyl (C=O) groups excluding carboxylic acids is 2. The zero-order valence-corrected chi connectivity index (χ0v) is 21.4. The van der Waals surface area contributed by atoms with Gasteiger partial charge in [-0.05, 0) is 48.9 Å². The van der Waals surface area contributed by atoms with E-state index in [4.69, 9.17) is 16.3 Å². The Morgan fingerprint density at radius 3 is 2.56 bits per heavy atom. The number of nitrogens with zero attached hydrogens (tertiary/aromatic N) is 1. The van der Waals surface area contributed by atoms with E-state index < -0.39 is 11.9 Å². The van der Waals surface area contributed by atoms with Crippen molar-refractivity contribution in [1.29, 1.82) is 5.26 Å². The number of ether oxygens (including phenoxy) is 1. The van der Waals surface area contributed by atoms with Crippen LogP contribution in [0.5, 0.6) is 0 Å². The number of amides is 1. The second-order valence-electron chi connectivity index (χ2n) is 7.23. The van der Waals surface area contributed by atoms with Crippen molar-refractivity contribution in [2.24, 2.45) is 0 Å². The van der Waals surface area contributed by atoms with E-state index in [-0.39, 0.29) is 18.3 Å². The molecular weight excluding hydrogens is 538 g/mol. The third-order valence-corrected chi connectivity index (χ3v) is 6.68. The maximum absolute atomic E-state index is 12.9. The topological polar surface area (TPSA) is 91.2 Å². The van der Waals surface area contributed by atoms with Gasteiger partial charge in [0.05, 0.1) is 33.9 Å². The number of hydrogen-bond donors (Lipinski definition) is 2. The minimum absolute atomic E-state index is 0.0480. The first-order valence-corrected chi connectivity index (χ1v) is 12.3. The van der Waals surface area contributed by atoms with Crippen LogP contribution in [-0.2, 0) is 14.3 Å². The molecule has 0 radical (unpaired) electrons. The number of halogens is 2. The van der Waals surface area contributed by atoms with Crippen LogP contribution in [0.15, 0.2) is 87.5 Å². The molecule has 1 atom stereocenters. The average Bonchev–Trinajstić information content (AvgIpc) is 2.82. The Morgan fingerprint density at radius 2 is 1.94 bits per heavy atom. The van der Waals surface area contributed by atoms with Gasteiger partial charge in [-0.2, -0.15) is 5.26 Å². The lowest BCUT2D eigenvalue weighted by atomic mass is 9.82. The molecule has 9 heteroatoms. The zero-order chi connectivity index (χ0) is 24.7. The summed E-state index contributed by atoms with van der Waals surface area (Å²) in [7, 11) is 0. The molecule has 2 aromatic carbocycles. The number of hydrogen-bond acceptors (Lipinski definition) is 6. The first kappa shape index (κ1) is 25.6. The van der Waals surface area contributed by atoms with Crippen molar-refractivity contribution in [1.82, 2.24) is 5.32 Å². The Morgan fingerprint density at radius 1 is 1.26 bits per heavy atom. The van der Waals surface area contributed by atoms with Gasteiger partial charge in [-0.15, -0.1) is 0 Å². The standard InChI is InChI=1S/C25H21BrClN3O3S/c1-3-12-33-25(32)22-15(2)29-24(20(13-28)23(22)16-4-8-18(27)9-5-16)34-14-21(31)30-19-10-6-17(26)7-11-19/h3-11,23,29H,1,12,14H2,2H3,(H,30,31)/t23-/m0/s1. The lowest BCUT2D eigenvalue weighted by Crippen LogP contribution is -2.29. The van der Waals surface area contributed by atoms with E-state index in [0.29, 0.717) is 38.1 Å². The molecule has 0 saturated heterocycles. The summed E-state index contributed by atoms with van der Waals surface area (Å²) in [6, 6.07) is 16.4. The molecule has 1 amide bonds. The SMILES string of the molecule is C=CCOC(=O)C1=C(C)NC(SCC(=O)Nc2ccc(Br)cc2)=C(C#N)[C@@H]1c1ccc(Cl)cc1.